The Morgan fingerprint density at radius 1 is 1.00 bits per heavy atom. The van der Waals surface area contributed by atoms with Crippen molar-refractivity contribution in [2.24, 2.45) is 0 Å². The van der Waals surface area contributed by atoms with E-state index in [9.17, 15) is 8.42 Å². The van der Waals surface area contributed by atoms with Crippen molar-refractivity contribution in [1.82, 2.24) is 14.4 Å². The molecule has 29 heavy (non-hydrogen) atoms. The van der Waals surface area contributed by atoms with Crippen LogP contribution in [0.15, 0.2) is 64.0 Å². The van der Waals surface area contributed by atoms with E-state index in [1.165, 1.54) is 4.31 Å². The molecule has 0 aliphatic rings. The molecule has 0 aliphatic heterocycles. The second-order valence-corrected chi connectivity index (χ2v) is 9.30. The van der Waals surface area contributed by atoms with Gasteiger partial charge in [0.1, 0.15) is 0 Å². The van der Waals surface area contributed by atoms with Crippen LogP contribution in [0.25, 0.3) is 11.4 Å². The van der Waals surface area contributed by atoms with Crippen molar-refractivity contribution >= 4 is 10.0 Å². The summed E-state index contributed by atoms with van der Waals surface area (Å²) in [6.07, 6.45) is 0.670. The van der Waals surface area contributed by atoms with Crippen LogP contribution in [0.5, 0.6) is 0 Å². The molecule has 0 spiro atoms. The van der Waals surface area contributed by atoms with Gasteiger partial charge in [0.2, 0.25) is 21.7 Å². The molecule has 0 saturated carbocycles. The average Bonchev–Trinajstić information content (AvgIpc) is 3.21. The van der Waals surface area contributed by atoms with Gasteiger partial charge in [-0.05, 0) is 37.0 Å². The van der Waals surface area contributed by atoms with E-state index in [4.69, 9.17) is 4.52 Å². The number of rotatable bonds is 8. The van der Waals surface area contributed by atoms with Gasteiger partial charge in [-0.1, -0.05) is 68.4 Å². The maximum atomic E-state index is 13.3. The van der Waals surface area contributed by atoms with Crippen molar-refractivity contribution in [2.75, 3.05) is 0 Å². The highest BCUT2D eigenvalue weighted by Gasteiger charge is 2.30. The Bertz CT molecular complexity index is 1030. The highest BCUT2D eigenvalue weighted by molar-refractivity contribution is 7.89. The largest absolute Gasteiger partial charge is 0.338 e. The van der Waals surface area contributed by atoms with Gasteiger partial charge in [-0.15, -0.1) is 0 Å². The van der Waals surface area contributed by atoms with Crippen molar-refractivity contribution in [3.05, 3.63) is 66.1 Å². The molecule has 154 valence electrons. The Hall–Kier alpha value is -2.51. The van der Waals surface area contributed by atoms with E-state index in [-0.39, 0.29) is 23.4 Å². The first-order valence-corrected chi connectivity index (χ1v) is 11.3. The second kappa shape index (κ2) is 8.88. The summed E-state index contributed by atoms with van der Waals surface area (Å²) >= 11 is 0. The zero-order valence-electron chi connectivity index (χ0n) is 17.2. The van der Waals surface area contributed by atoms with E-state index in [0.717, 1.165) is 11.1 Å². The summed E-state index contributed by atoms with van der Waals surface area (Å²) in [5.41, 5.74) is 1.92. The SMILES string of the molecule is CC[C@@H](C)N(Cc1nc(-c2ccccc2)no1)S(=O)(=O)c1ccc(C(C)C)cc1. The van der Waals surface area contributed by atoms with Crippen LogP contribution in [0.2, 0.25) is 0 Å². The van der Waals surface area contributed by atoms with Crippen LogP contribution in [0.1, 0.15) is 51.5 Å². The van der Waals surface area contributed by atoms with E-state index in [2.05, 4.69) is 24.0 Å². The smallest absolute Gasteiger partial charge is 0.243 e. The molecule has 2 aromatic carbocycles. The fraction of sp³-hybridized carbons (Fsp3) is 0.364. The van der Waals surface area contributed by atoms with Gasteiger partial charge in [0.25, 0.3) is 0 Å². The lowest BCUT2D eigenvalue weighted by Gasteiger charge is -2.26. The first kappa shape index (κ1) is 21.2. The van der Waals surface area contributed by atoms with Crippen LogP contribution in [0.4, 0.5) is 0 Å². The minimum Gasteiger partial charge on any atom is -0.338 e. The molecule has 0 unspecified atom stereocenters. The van der Waals surface area contributed by atoms with E-state index in [0.29, 0.717) is 18.2 Å². The lowest BCUT2D eigenvalue weighted by atomic mass is 10.0. The van der Waals surface area contributed by atoms with Gasteiger partial charge in [0.05, 0.1) is 11.4 Å². The van der Waals surface area contributed by atoms with Gasteiger partial charge in [-0.2, -0.15) is 9.29 Å². The van der Waals surface area contributed by atoms with Gasteiger partial charge in [0.15, 0.2) is 0 Å². The molecule has 0 amide bonds. The Balaban J connectivity index is 1.89. The summed E-state index contributed by atoms with van der Waals surface area (Å²) in [6, 6.07) is 16.3. The molecule has 3 rings (SSSR count). The molecule has 0 N–H and O–H groups in total. The minimum atomic E-state index is -3.70. The number of benzene rings is 2. The van der Waals surface area contributed by atoms with Crippen molar-refractivity contribution < 1.29 is 12.9 Å². The molecule has 0 bridgehead atoms. The van der Waals surface area contributed by atoms with Gasteiger partial charge in [-0.25, -0.2) is 8.42 Å². The first-order valence-electron chi connectivity index (χ1n) is 9.82. The molecule has 0 fully saturated rings. The average molecular weight is 414 g/mol. The number of hydrogen-bond donors (Lipinski definition) is 0. The standard InChI is InChI=1S/C22H27N3O3S/c1-5-17(4)25(29(26,27)20-13-11-18(12-14-20)16(2)3)15-21-23-22(24-28-21)19-9-7-6-8-10-19/h6-14,16-17H,5,15H2,1-4H3/t17-/m1/s1. The van der Waals surface area contributed by atoms with Crippen molar-refractivity contribution in [3.63, 3.8) is 0 Å². The topological polar surface area (TPSA) is 76.3 Å². The molecular formula is C22H27N3O3S. The summed E-state index contributed by atoms with van der Waals surface area (Å²) in [6.45, 7) is 8.03. The summed E-state index contributed by atoms with van der Waals surface area (Å²) in [5, 5.41) is 4.00. The molecule has 0 saturated heterocycles. The maximum Gasteiger partial charge on any atom is 0.243 e. The number of aromatic nitrogens is 2. The third kappa shape index (κ3) is 4.74. The van der Waals surface area contributed by atoms with E-state index in [1.54, 1.807) is 12.1 Å². The zero-order valence-corrected chi connectivity index (χ0v) is 18.1. The van der Waals surface area contributed by atoms with Crippen LogP contribution >= 0.6 is 0 Å². The molecule has 3 aromatic rings. The summed E-state index contributed by atoms with van der Waals surface area (Å²) in [7, 11) is -3.70. The Kier molecular flexibility index (Phi) is 6.49. The predicted molar refractivity (Wildman–Crippen MR) is 113 cm³/mol. The Labute approximate surface area is 172 Å². The first-order chi connectivity index (χ1) is 13.8. The highest BCUT2D eigenvalue weighted by atomic mass is 32.2. The predicted octanol–water partition coefficient (Wildman–Crippen LogP) is 4.85. The second-order valence-electron chi connectivity index (χ2n) is 7.41. The summed E-state index contributed by atoms with van der Waals surface area (Å²) in [4.78, 5) is 4.67. The highest BCUT2D eigenvalue weighted by Crippen LogP contribution is 2.25. The number of hydrogen-bond acceptors (Lipinski definition) is 5. The molecule has 6 nitrogen and oxygen atoms in total. The Morgan fingerprint density at radius 2 is 1.66 bits per heavy atom. The number of sulfonamides is 1. The normalized spacial score (nSPS) is 13.2. The molecule has 7 heteroatoms. The third-order valence-corrected chi connectivity index (χ3v) is 7.00. The fourth-order valence-corrected chi connectivity index (χ4v) is 4.65. The number of nitrogens with zero attached hydrogens (tertiary/aromatic N) is 3. The van der Waals surface area contributed by atoms with Crippen LogP contribution in [-0.2, 0) is 16.6 Å². The summed E-state index contributed by atoms with van der Waals surface area (Å²) < 4.78 is 33.5. The van der Waals surface area contributed by atoms with E-state index >= 15 is 0 Å². The third-order valence-electron chi connectivity index (χ3n) is 5.03. The lowest BCUT2D eigenvalue weighted by Crippen LogP contribution is -2.37. The Morgan fingerprint density at radius 3 is 2.24 bits per heavy atom. The molecule has 1 heterocycles. The van der Waals surface area contributed by atoms with Crippen molar-refractivity contribution in [2.45, 2.75) is 57.5 Å². The fourth-order valence-electron chi connectivity index (χ4n) is 3.00. The quantitative estimate of drug-likeness (QED) is 0.528. The van der Waals surface area contributed by atoms with Crippen LogP contribution in [0.3, 0.4) is 0 Å². The van der Waals surface area contributed by atoms with Crippen molar-refractivity contribution in [3.8, 4) is 11.4 Å². The van der Waals surface area contributed by atoms with E-state index < -0.39 is 10.0 Å². The lowest BCUT2D eigenvalue weighted by molar-refractivity contribution is 0.273. The van der Waals surface area contributed by atoms with E-state index in [1.807, 2.05) is 56.3 Å². The molecular weight excluding hydrogens is 386 g/mol. The molecule has 1 aromatic heterocycles. The zero-order chi connectivity index (χ0) is 21.0. The molecule has 1 atom stereocenters. The van der Waals surface area contributed by atoms with Gasteiger partial charge >= 0.3 is 0 Å². The van der Waals surface area contributed by atoms with Gasteiger partial charge < -0.3 is 4.52 Å². The van der Waals surface area contributed by atoms with Gasteiger partial charge in [0, 0.05) is 11.6 Å². The minimum absolute atomic E-state index is 0.0309. The van der Waals surface area contributed by atoms with Crippen molar-refractivity contribution in [1.29, 1.82) is 0 Å². The maximum absolute atomic E-state index is 13.3. The monoisotopic (exact) mass is 413 g/mol. The molecule has 0 radical (unpaired) electrons. The van der Waals surface area contributed by atoms with Gasteiger partial charge in [-0.3, -0.25) is 0 Å². The van der Waals surface area contributed by atoms with Crippen LogP contribution in [0, 0.1) is 0 Å². The summed E-state index contributed by atoms with van der Waals surface area (Å²) in [5.74, 6) is 1.06. The molecule has 0 aliphatic carbocycles. The van der Waals surface area contributed by atoms with Crippen LogP contribution < -0.4 is 0 Å². The van der Waals surface area contributed by atoms with Crippen LogP contribution in [-0.4, -0.2) is 28.9 Å².